The highest BCUT2D eigenvalue weighted by atomic mass is 28.3. The van der Waals surface area contributed by atoms with Crippen molar-refractivity contribution in [3.05, 3.63) is 12.3 Å². The van der Waals surface area contributed by atoms with E-state index in [1.54, 1.807) is 0 Å². The Kier molecular flexibility index (Phi) is 6.52. The molecule has 0 aliphatic carbocycles. The van der Waals surface area contributed by atoms with Crippen molar-refractivity contribution < 1.29 is 13.6 Å². The first-order valence-corrected chi connectivity index (χ1v) is 9.31. The summed E-state index contributed by atoms with van der Waals surface area (Å²) in [5.74, 6) is 0. The van der Waals surface area contributed by atoms with Crippen LogP contribution in [0.4, 0.5) is 0 Å². The first-order valence-electron chi connectivity index (χ1n) is 6.27. The lowest BCUT2D eigenvalue weighted by molar-refractivity contribution is 0.0000958. The molecule has 1 heterocycles. The molecule has 1 aliphatic rings. The van der Waals surface area contributed by atoms with Crippen LogP contribution in [0.15, 0.2) is 12.3 Å². The molecule has 0 aromatic rings. The van der Waals surface area contributed by atoms with Gasteiger partial charge in [0.25, 0.3) is 0 Å². The van der Waals surface area contributed by atoms with Crippen LogP contribution in [0.3, 0.4) is 0 Å². The third-order valence-electron chi connectivity index (χ3n) is 2.94. The maximum absolute atomic E-state index is 6.08. The summed E-state index contributed by atoms with van der Waals surface area (Å²) in [7, 11) is -2.17. The monoisotopic (exact) mass is 260 g/mol. The summed E-state index contributed by atoms with van der Waals surface area (Å²) < 4.78 is 17.8. The van der Waals surface area contributed by atoms with Gasteiger partial charge < -0.3 is 13.6 Å². The Morgan fingerprint density at radius 1 is 1.38 bits per heavy atom. The molecule has 1 unspecified atom stereocenters. The predicted octanol–water partition coefficient (Wildman–Crippen LogP) is 1.03. The van der Waals surface area contributed by atoms with Gasteiger partial charge in [0.05, 0.1) is 14.4 Å². The van der Waals surface area contributed by atoms with Crippen molar-refractivity contribution in [1.82, 2.24) is 0 Å². The lowest BCUT2D eigenvalue weighted by Gasteiger charge is -2.40. The van der Waals surface area contributed by atoms with Crippen molar-refractivity contribution in [1.29, 1.82) is 0 Å². The Morgan fingerprint density at radius 2 is 2.06 bits per heavy atom. The van der Waals surface area contributed by atoms with E-state index in [1.165, 1.54) is 12.8 Å². The van der Waals surface area contributed by atoms with Crippen LogP contribution in [0.25, 0.3) is 0 Å². The minimum absolute atomic E-state index is 0.0357. The van der Waals surface area contributed by atoms with Crippen LogP contribution >= 0.6 is 0 Å². The quantitative estimate of drug-likeness (QED) is 0.640. The summed E-state index contributed by atoms with van der Waals surface area (Å²) in [6.07, 6.45) is 3.53. The highest BCUT2D eigenvalue weighted by molar-refractivity contribution is 6.68. The lowest BCUT2D eigenvalue weighted by Crippen LogP contribution is -2.57. The molecule has 3 nitrogen and oxygen atoms in total. The Morgan fingerprint density at radius 3 is 2.50 bits per heavy atom. The molecule has 0 aromatic carbocycles. The largest absolute Gasteiger partial charge is 0.395 e. The average Bonchev–Trinajstić information content (AvgIpc) is 2.30. The smallest absolute Gasteiger partial charge is 0.350 e. The summed E-state index contributed by atoms with van der Waals surface area (Å²) in [4.78, 5) is -0.0357. The number of rotatable bonds is 7. The molecular weight excluding hydrogens is 236 g/mol. The van der Waals surface area contributed by atoms with Gasteiger partial charge in [-0.25, -0.2) is 0 Å². The first-order chi connectivity index (χ1) is 7.79. The summed E-state index contributed by atoms with van der Waals surface area (Å²) in [5.41, 5.74) is 2.07. The minimum atomic E-state index is -1.70. The van der Waals surface area contributed by atoms with E-state index >= 15 is 0 Å². The van der Waals surface area contributed by atoms with Gasteiger partial charge in [0, 0.05) is 19.8 Å². The van der Waals surface area contributed by atoms with Crippen LogP contribution in [-0.2, 0) is 13.6 Å². The molecule has 16 heavy (non-hydrogen) atoms. The predicted molar refractivity (Wildman–Crippen MR) is 71.7 cm³/mol. The zero-order valence-corrected chi connectivity index (χ0v) is 13.1. The highest BCUT2D eigenvalue weighted by Gasteiger charge is 2.44. The van der Waals surface area contributed by atoms with E-state index in [2.05, 4.69) is 12.3 Å². The molecular formula is C11H24O3Si2. The van der Waals surface area contributed by atoms with Crippen LogP contribution < -0.4 is 0 Å². The van der Waals surface area contributed by atoms with Gasteiger partial charge >= 0.3 is 9.28 Å². The molecule has 0 saturated carbocycles. The normalized spacial score (nSPS) is 26.7. The molecule has 1 atom stereocenters. The molecule has 0 spiro atoms. The van der Waals surface area contributed by atoms with Crippen molar-refractivity contribution in [3.63, 3.8) is 0 Å². The second-order valence-corrected chi connectivity index (χ2v) is 9.49. The third kappa shape index (κ3) is 3.53. The lowest BCUT2D eigenvalue weighted by atomic mass is 10.2. The van der Waals surface area contributed by atoms with E-state index in [0.29, 0.717) is 0 Å². The number of hydrogen-bond acceptors (Lipinski definition) is 3. The summed E-state index contributed by atoms with van der Waals surface area (Å²) in [5, 5.41) is 0. The average molecular weight is 260 g/mol. The fourth-order valence-electron chi connectivity index (χ4n) is 2.22. The van der Waals surface area contributed by atoms with Gasteiger partial charge in [0.15, 0.2) is 0 Å². The first kappa shape index (κ1) is 14.1. The minimum Gasteiger partial charge on any atom is -0.395 e. The van der Waals surface area contributed by atoms with Crippen molar-refractivity contribution in [3.8, 4) is 0 Å². The maximum Gasteiger partial charge on any atom is 0.350 e. The van der Waals surface area contributed by atoms with Crippen LogP contribution in [0.1, 0.15) is 33.1 Å². The SMILES string of the molecule is C=C[SiH2]C1([SiH](OCC)OCC)CCCCO1. The van der Waals surface area contributed by atoms with Gasteiger partial charge in [-0.1, -0.05) is 0 Å². The van der Waals surface area contributed by atoms with Gasteiger partial charge in [-0.2, -0.15) is 0 Å². The molecule has 0 aromatic heterocycles. The fraction of sp³-hybridized carbons (Fsp3) is 0.818. The summed E-state index contributed by atoms with van der Waals surface area (Å²) in [6, 6.07) is 0. The Labute approximate surface area is 103 Å². The standard InChI is InChI=1S/C11H24O3Si2/c1-4-13-16(14-5-2)11(15-6-3)9-7-8-10-12-11/h6,16H,3-5,7-10,15H2,1-2H3. The molecule has 94 valence electrons. The van der Waals surface area contributed by atoms with Crippen LogP contribution in [0.2, 0.25) is 0 Å². The zero-order valence-electron chi connectivity index (χ0n) is 10.5. The molecule has 1 fully saturated rings. The van der Waals surface area contributed by atoms with Gasteiger partial charge in [-0.05, 0) is 33.1 Å². The zero-order chi connectivity index (χ0) is 11.9. The van der Waals surface area contributed by atoms with E-state index in [4.69, 9.17) is 13.6 Å². The van der Waals surface area contributed by atoms with Crippen LogP contribution in [-0.4, -0.2) is 43.5 Å². The van der Waals surface area contributed by atoms with Gasteiger partial charge in [-0.3, -0.25) is 0 Å². The molecule has 1 rings (SSSR count). The Bertz CT molecular complexity index is 199. The molecule has 0 N–H and O–H groups in total. The Hall–Kier alpha value is 0.0538. The van der Waals surface area contributed by atoms with Crippen molar-refractivity contribution in [2.45, 2.75) is 38.0 Å². The van der Waals surface area contributed by atoms with E-state index in [9.17, 15) is 0 Å². The van der Waals surface area contributed by atoms with Crippen molar-refractivity contribution in [2.24, 2.45) is 0 Å². The summed E-state index contributed by atoms with van der Waals surface area (Å²) in [6.45, 7) is 10.3. The van der Waals surface area contributed by atoms with E-state index < -0.39 is 18.8 Å². The second kappa shape index (κ2) is 7.39. The van der Waals surface area contributed by atoms with Crippen molar-refractivity contribution in [2.75, 3.05) is 19.8 Å². The number of hydrogen-bond donors (Lipinski definition) is 0. The fourth-order valence-corrected chi connectivity index (χ4v) is 7.40. The van der Waals surface area contributed by atoms with E-state index in [0.717, 1.165) is 26.2 Å². The molecule has 0 amide bonds. The van der Waals surface area contributed by atoms with Gasteiger partial charge in [-0.15, -0.1) is 12.3 Å². The van der Waals surface area contributed by atoms with E-state index in [1.807, 2.05) is 13.8 Å². The molecule has 5 heteroatoms. The maximum atomic E-state index is 6.08. The number of ether oxygens (including phenoxy) is 1. The molecule has 0 radical (unpaired) electrons. The van der Waals surface area contributed by atoms with Crippen molar-refractivity contribution >= 4 is 18.8 Å². The van der Waals surface area contributed by atoms with Crippen LogP contribution in [0.5, 0.6) is 0 Å². The molecule has 1 saturated heterocycles. The molecule has 0 bridgehead atoms. The highest BCUT2D eigenvalue weighted by Crippen LogP contribution is 2.28. The van der Waals surface area contributed by atoms with Crippen LogP contribution in [0, 0.1) is 0 Å². The Balaban J connectivity index is 2.73. The topological polar surface area (TPSA) is 27.7 Å². The van der Waals surface area contributed by atoms with Gasteiger partial charge in [0.2, 0.25) is 0 Å². The summed E-state index contributed by atoms with van der Waals surface area (Å²) >= 11 is 0. The van der Waals surface area contributed by atoms with Gasteiger partial charge in [0.1, 0.15) is 0 Å². The van der Waals surface area contributed by atoms with E-state index in [-0.39, 0.29) is 4.85 Å². The third-order valence-corrected chi connectivity index (χ3v) is 8.77. The molecule has 1 aliphatic heterocycles. The second-order valence-electron chi connectivity index (χ2n) is 4.11.